The highest BCUT2D eigenvalue weighted by Crippen LogP contribution is 2.28. The van der Waals surface area contributed by atoms with Crippen molar-refractivity contribution in [2.45, 2.75) is 6.61 Å². The number of anilines is 1. The average Bonchev–Trinajstić information content (AvgIpc) is 2.66. The Balaban J connectivity index is 1.87. The molecular formula is C18H19F2N3O4. The molecule has 0 saturated carbocycles. The van der Waals surface area contributed by atoms with Gasteiger partial charge in [0, 0.05) is 5.69 Å². The largest absolute Gasteiger partial charge is 0.497 e. The number of rotatable bonds is 9. The third kappa shape index (κ3) is 6.46. The van der Waals surface area contributed by atoms with Gasteiger partial charge in [-0.25, -0.2) is 5.43 Å². The molecule has 0 fully saturated rings. The minimum atomic E-state index is -2.98. The van der Waals surface area contributed by atoms with Gasteiger partial charge in [-0.05, 0) is 48.0 Å². The molecule has 7 nitrogen and oxygen atoms in total. The summed E-state index contributed by atoms with van der Waals surface area (Å²) >= 11 is 0. The number of nitrogens with one attached hydrogen (secondary N) is 2. The van der Waals surface area contributed by atoms with Gasteiger partial charge in [0.2, 0.25) is 0 Å². The Bertz CT molecular complexity index is 783. The standard InChI is InChI=1S/C18H19F2N3O4/c1-25-14-6-4-13(5-7-14)21-11-17(24)23-22-10-12-3-8-15(26-2)16(9-12)27-18(19)20/h3-10,18,21H,11H2,1-2H3,(H,23,24)/b22-10-. The van der Waals surface area contributed by atoms with Crippen LogP contribution in [0.3, 0.4) is 0 Å². The normalized spacial score (nSPS) is 10.7. The Morgan fingerprint density at radius 3 is 2.48 bits per heavy atom. The first kappa shape index (κ1) is 20.0. The Morgan fingerprint density at radius 1 is 1.11 bits per heavy atom. The predicted octanol–water partition coefficient (Wildman–Crippen LogP) is 2.87. The molecular weight excluding hydrogens is 360 g/mol. The summed E-state index contributed by atoms with van der Waals surface area (Å²) in [6, 6.07) is 11.5. The zero-order chi connectivity index (χ0) is 19.6. The summed E-state index contributed by atoms with van der Waals surface area (Å²) in [5.74, 6) is 0.382. The summed E-state index contributed by atoms with van der Waals surface area (Å²) in [7, 11) is 2.91. The van der Waals surface area contributed by atoms with E-state index in [1.54, 1.807) is 37.4 Å². The molecule has 0 unspecified atom stereocenters. The lowest BCUT2D eigenvalue weighted by Gasteiger charge is -2.10. The van der Waals surface area contributed by atoms with E-state index in [0.717, 1.165) is 5.69 Å². The van der Waals surface area contributed by atoms with Gasteiger partial charge in [0.05, 0.1) is 27.0 Å². The number of hydrogen-bond acceptors (Lipinski definition) is 6. The van der Waals surface area contributed by atoms with Gasteiger partial charge in [-0.15, -0.1) is 0 Å². The molecule has 2 aromatic carbocycles. The lowest BCUT2D eigenvalue weighted by molar-refractivity contribution is -0.119. The van der Waals surface area contributed by atoms with E-state index in [0.29, 0.717) is 11.3 Å². The molecule has 0 atom stereocenters. The lowest BCUT2D eigenvalue weighted by atomic mass is 10.2. The number of halogens is 2. The highest BCUT2D eigenvalue weighted by Gasteiger charge is 2.10. The number of alkyl halides is 2. The molecule has 2 aromatic rings. The van der Waals surface area contributed by atoms with Crippen molar-refractivity contribution in [2.24, 2.45) is 5.10 Å². The maximum atomic E-state index is 12.4. The molecule has 2 rings (SSSR count). The maximum absolute atomic E-state index is 12.4. The summed E-state index contributed by atoms with van der Waals surface area (Å²) in [6.45, 7) is -2.97. The first-order valence-electron chi connectivity index (χ1n) is 7.84. The molecule has 0 spiro atoms. The topological polar surface area (TPSA) is 81.2 Å². The van der Waals surface area contributed by atoms with Gasteiger partial charge < -0.3 is 19.5 Å². The number of hydrazone groups is 1. The zero-order valence-electron chi connectivity index (χ0n) is 14.7. The number of hydrogen-bond donors (Lipinski definition) is 2. The SMILES string of the molecule is COc1ccc(NCC(=O)N/N=C\c2ccc(OC)c(OC(F)F)c2)cc1. The van der Waals surface area contributed by atoms with Crippen LogP contribution in [-0.4, -0.2) is 39.5 Å². The molecule has 0 radical (unpaired) electrons. The van der Waals surface area contributed by atoms with Crippen LogP contribution in [0, 0.1) is 0 Å². The van der Waals surface area contributed by atoms with E-state index in [-0.39, 0.29) is 24.0 Å². The molecule has 27 heavy (non-hydrogen) atoms. The van der Waals surface area contributed by atoms with Gasteiger partial charge in [-0.1, -0.05) is 0 Å². The van der Waals surface area contributed by atoms with Gasteiger partial charge in [0.25, 0.3) is 5.91 Å². The fraction of sp³-hybridized carbons (Fsp3) is 0.222. The molecule has 2 N–H and O–H groups in total. The molecule has 1 amide bonds. The van der Waals surface area contributed by atoms with E-state index >= 15 is 0 Å². The van der Waals surface area contributed by atoms with Crippen LogP contribution in [0.4, 0.5) is 14.5 Å². The van der Waals surface area contributed by atoms with Crippen LogP contribution in [0.1, 0.15) is 5.56 Å². The van der Waals surface area contributed by atoms with Gasteiger partial charge in [-0.2, -0.15) is 13.9 Å². The molecule has 0 heterocycles. The smallest absolute Gasteiger partial charge is 0.387 e. The Labute approximate surface area is 154 Å². The quantitative estimate of drug-likeness (QED) is 0.517. The van der Waals surface area contributed by atoms with E-state index in [1.807, 2.05) is 0 Å². The van der Waals surface area contributed by atoms with Gasteiger partial charge in [-0.3, -0.25) is 4.79 Å². The Morgan fingerprint density at radius 2 is 1.85 bits per heavy atom. The minimum Gasteiger partial charge on any atom is -0.497 e. The van der Waals surface area contributed by atoms with Gasteiger partial charge in [0.15, 0.2) is 11.5 Å². The van der Waals surface area contributed by atoms with E-state index in [1.165, 1.54) is 25.5 Å². The number of nitrogens with zero attached hydrogens (tertiary/aromatic N) is 1. The fourth-order valence-corrected chi connectivity index (χ4v) is 2.07. The van der Waals surface area contributed by atoms with Crippen LogP contribution in [0.25, 0.3) is 0 Å². The van der Waals surface area contributed by atoms with Crippen LogP contribution < -0.4 is 25.0 Å². The number of benzene rings is 2. The predicted molar refractivity (Wildman–Crippen MR) is 96.8 cm³/mol. The summed E-state index contributed by atoms with van der Waals surface area (Å²) in [5, 5.41) is 6.72. The molecule has 0 aromatic heterocycles. The van der Waals surface area contributed by atoms with Crippen LogP contribution in [0.2, 0.25) is 0 Å². The molecule has 9 heteroatoms. The average molecular weight is 379 g/mol. The van der Waals surface area contributed by atoms with Crippen LogP contribution in [0.15, 0.2) is 47.6 Å². The molecule has 0 aliphatic rings. The molecule has 144 valence electrons. The minimum absolute atomic E-state index is 0.00598. The molecule has 0 bridgehead atoms. The van der Waals surface area contributed by atoms with Crippen molar-refractivity contribution in [3.8, 4) is 17.2 Å². The third-order valence-corrected chi connectivity index (χ3v) is 3.35. The van der Waals surface area contributed by atoms with Crippen molar-refractivity contribution in [3.05, 3.63) is 48.0 Å². The second-order valence-corrected chi connectivity index (χ2v) is 5.16. The number of carbonyl (C=O) groups excluding carboxylic acids is 1. The lowest BCUT2D eigenvalue weighted by Crippen LogP contribution is -2.25. The second-order valence-electron chi connectivity index (χ2n) is 5.16. The van der Waals surface area contributed by atoms with Crippen molar-refractivity contribution < 1.29 is 27.8 Å². The molecule has 0 aliphatic carbocycles. The summed E-state index contributed by atoms with van der Waals surface area (Å²) in [5.41, 5.74) is 3.54. The summed E-state index contributed by atoms with van der Waals surface area (Å²) < 4.78 is 39.2. The van der Waals surface area contributed by atoms with E-state index in [9.17, 15) is 13.6 Å². The van der Waals surface area contributed by atoms with E-state index < -0.39 is 6.61 Å². The van der Waals surface area contributed by atoms with Crippen molar-refractivity contribution >= 4 is 17.8 Å². The second kappa shape index (κ2) is 9.95. The summed E-state index contributed by atoms with van der Waals surface area (Å²) in [6.07, 6.45) is 1.31. The fourth-order valence-electron chi connectivity index (χ4n) is 2.07. The van der Waals surface area contributed by atoms with Crippen molar-refractivity contribution in [1.29, 1.82) is 0 Å². The third-order valence-electron chi connectivity index (χ3n) is 3.35. The van der Waals surface area contributed by atoms with E-state index in [2.05, 4.69) is 20.6 Å². The first-order chi connectivity index (χ1) is 13.0. The molecule has 0 aliphatic heterocycles. The van der Waals surface area contributed by atoms with Gasteiger partial charge in [0.1, 0.15) is 5.75 Å². The number of methoxy groups -OCH3 is 2. The Hall–Kier alpha value is -3.36. The van der Waals surface area contributed by atoms with E-state index in [4.69, 9.17) is 9.47 Å². The summed E-state index contributed by atoms with van der Waals surface area (Å²) in [4.78, 5) is 11.8. The highest BCUT2D eigenvalue weighted by atomic mass is 19.3. The van der Waals surface area contributed by atoms with Crippen molar-refractivity contribution in [2.75, 3.05) is 26.1 Å². The maximum Gasteiger partial charge on any atom is 0.387 e. The van der Waals surface area contributed by atoms with Crippen LogP contribution in [-0.2, 0) is 4.79 Å². The Kier molecular flexibility index (Phi) is 7.36. The number of carbonyl (C=O) groups is 1. The highest BCUT2D eigenvalue weighted by molar-refractivity contribution is 5.84. The number of ether oxygens (including phenoxy) is 3. The zero-order valence-corrected chi connectivity index (χ0v) is 14.7. The monoisotopic (exact) mass is 379 g/mol. The first-order valence-corrected chi connectivity index (χ1v) is 7.84. The van der Waals surface area contributed by atoms with Gasteiger partial charge >= 0.3 is 6.61 Å². The number of amides is 1. The van der Waals surface area contributed by atoms with Crippen LogP contribution >= 0.6 is 0 Å². The molecule has 0 saturated heterocycles. The van der Waals surface area contributed by atoms with Crippen molar-refractivity contribution in [1.82, 2.24) is 5.43 Å². The van der Waals surface area contributed by atoms with Crippen molar-refractivity contribution in [3.63, 3.8) is 0 Å². The van der Waals surface area contributed by atoms with Crippen LogP contribution in [0.5, 0.6) is 17.2 Å².